The van der Waals surface area contributed by atoms with Crippen LogP contribution in [0, 0.1) is 6.92 Å². The summed E-state index contributed by atoms with van der Waals surface area (Å²) >= 11 is 1.50. The molecule has 0 spiro atoms. The Kier molecular flexibility index (Phi) is 4.04. The third-order valence-corrected chi connectivity index (χ3v) is 3.30. The van der Waals surface area contributed by atoms with Gasteiger partial charge in [-0.1, -0.05) is 23.9 Å². The lowest BCUT2D eigenvalue weighted by Crippen LogP contribution is -2.08. The monoisotopic (exact) mass is 262 g/mol. The van der Waals surface area contributed by atoms with Gasteiger partial charge < -0.3 is 9.72 Å². The van der Waals surface area contributed by atoms with Crippen molar-refractivity contribution in [1.29, 1.82) is 0 Å². The fraction of sp³-hybridized carbons (Fsp3) is 0.231. The molecule has 4 nitrogen and oxygen atoms in total. The lowest BCUT2D eigenvalue weighted by atomic mass is 10.2. The predicted octanol–water partition coefficient (Wildman–Crippen LogP) is 2.38. The lowest BCUT2D eigenvalue weighted by Gasteiger charge is -2.04. The molecule has 0 aliphatic carbocycles. The SMILES string of the molecule is COc1cccc(CSc2nc(C)cc(=O)[nH]2)c1. The number of rotatable bonds is 4. The molecule has 94 valence electrons. The fourth-order valence-electron chi connectivity index (χ4n) is 1.53. The van der Waals surface area contributed by atoms with Gasteiger partial charge in [-0.15, -0.1) is 0 Å². The van der Waals surface area contributed by atoms with Crippen molar-refractivity contribution in [2.24, 2.45) is 0 Å². The number of hydrogen-bond donors (Lipinski definition) is 1. The van der Waals surface area contributed by atoms with Gasteiger partial charge in [0.1, 0.15) is 5.75 Å². The second-order valence-corrected chi connectivity index (χ2v) is 4.80. The predicted molar refractivity (Wildman–Crippen MR) is 72.1 cm³/mol. The standard InChI is InChI=1S/C13H14N2O2S/c1-9-6-12(16)15-13(14-9)18-8-10-4-3-5-11(7-10)17-2/h3-7H,8H2,1-2H3,(H,14,15,16). The van der Waals surface area contributed by atoms with Crippen LogP contribution >= 0.6 is 11.8 Å². The number of nitrogens with one attached hydrogen (secondary N) is 1. The van der Waals surface area contributed by atoms with Gasteiger partial charge in [-0.05, 0) is 24.6 Å². The van der Waals surface area contributed by atoms with Gasteiger partial charge in [0.25, 0.3) is 5.56 Å². The number of H-pyrrole nitrogens is 1. The van der Waals surface area contributed by atoms with Gasteiger partial charge in [-0.2, -0.15) is 0 Å². The van der Waals surface area contributed by atoms with Gasteiger partial charge in [0.05, 0.1) is 7.11 Å². The Morgan fingerprint density at radius 1 is 1.39 bits per heavy atom. The Balaban J connectivity index is 2.08. The quantitative estimate of drug-likeness (QED) is 0.679. The van der Waals surface area contributed by atoms with E-state index in [1.165, 1.54) is 17.8 Å². The summed E-state index contributed by atoms with van der Waals surface area (Å²) < 4.78 is 5.16. The van der Waals surface area contributed by atoms with Crippen LogP contribution in [0.5, 0.6) is 5.75 Å². The lowest BCUT2D eigenvalue weighted by molar-refractivity contribution is 0.414. The van der Waals surface area contributed by atoms with Crippen molar-refractivity contribution in [1.82, 2.24) is 9.97 Å². The first-order chi connectivity index (χ1) is 8.67. The van der Waals surface area contributed by atoms with E-state index < -0.39 is 0 Å². The van der Waals surface area contributed by atoms with Crippen LogP contribution in [-0.2, 0) is 5.75 Å². The van der Waals surface area contributed by atoms with Crippen LogP contribution in [0.3, 0.4) is 0 Å². The molecule has 18 heavy (non-hydrogen) atoms. The van der Waals surface area contributed by atoms with Crippen molar-refractivity contribution in [3.05, 3.63) is 51.9 Å². The third kappa shape index (κ3) is 3.37. The first-order valence-corrected chi connectivity index (χ1v) is 6.49. The molecule has 1 aromatic carbocycles. The van der Waals surface area contributed by atoms with Gasteiger partial charge in [0.15, 0.2) is 5.16 Å². The summed E-state index contributed by atoms with van der Waals surface area (Å²) in [6, 6.07) is 9.32. The summed E-state index contributed by atoms with van der Waals surface area (Å²) in [5.41, 5.74) is 1.74. The van der Waals surface area contributed by atoms with Crippen LogP contribution < -0.4 is 10.3 Å². The van der Waals surface area contributed by atoms with Crippen molar-refractivity contribution in [2.75, 3.05) is 7.11 Å². The molecule has 2 aromatic rings. The number of aryl methyl sites for hydroxylation is 1. The summed E-state index contributed by atoms with van der Waals surface area (Å²) in [5.74, 6) is 1.57. The molecule has 2 rings (SSSR count). The van der Waals surface area contributed by atoms with Gasteiger partial charge in [0, 0.05) is 17.5 Å². The second kappa shape index (κ2) is 5.73. The van der Waals surface area contributed by atoms with Crippen molar-refractivity contribution in [3.63, 3.8) is 0 Å². The highest BCUT2D eigenvalue weighted by Crippen LogP contribution is 2.21. The molecule has 1 aromatic heterocycles. The second-order valence-electron chi connectivity index (χ2n) is 3.83. The zero-order valence-corrected chi connectivity index (χ0v) is 11.1. The Bertz CT molecular complexity index is 596. The number of methoxy groups -OCH3 is 1. The van der Waals surface area contributed by atoms with E-state index in [0.29, 0.717) is 5.16 Å². The molecule has 1 heterocycles. The van der Waals surface area contributed by atoms with Crippen LogP contribution in [0.15, 0.2) is 40.3 Å². The maximum Gasteiger partial charge on any atom is 0.251 e. The number of ether oxygens (including phenoxy) is 1. The summed E-state index contributed by atoms with van der Waals surface area (Å²) in [6.07, 6.45) is 0. The van der Waals surface area contributed by atoms with E-state index in [1.54, 1.807) is 7.11 Å². The first kappa shape index (κ1) is 12.7. The molecule has 0 fully saturated rings. The van der Waals surface area contributed by atoms with E-state index in [4.69, 9.17) is 4.74 Å². The molecule has 0 bridgehead atoms. The number of benzene rings is 1. The van der Waals surface area contributed by atoms with E-state index in [0.717, 1.165) is 22.8 Å². The Morgan fingerprint density at radius 3 is 2.94 bits per heavy atom. The minimum Gasteiger partial charge on any atom is -0.497 e. The van der Waals surface area contributed by atoms with Gasteiger partial charge in [-0.3, -0.25) is 4.79 Å². The summed E-state index contributed by atoms with van der Waals surface area (Å²) in [4.78, 5) is 18.3. The largest absolute Gasteiger partial charge is 0.497 e. The van der Waals surface area contributed by atoms with Crippen LogP contribution in [-0.4, -0.2) is 17.1 Å². The van der Waals surface area contributed by atoms with Gasteiger partial charge in [0.2, 0.25) is 0 Å². The van der Waals surface area contributed by atoms with Gasteiger partial charge >= 0.3 is 0 Å². The molecular formula is C13H14N2O2S. The number of hydrogen-bond acceptors (Lipinski definition) is 4. The zero-order valence-electron chi connectivity index (χ0n) is 10.3. The van der Waals surface area contributed by atoms with E-state index in [2.05, 4.69) is 9.97 Å². The molecular weight excluding hydrogens is 248 g/mol. The Hall–Kier alpha value is -1.75. The maximum absolute atomic E-state index is 11.3. The van der Waals surface area contributed by atoms with Crippen molar-refractivity contribution >= 4 is 11.8 Å². The van der Waals surface area contributed by atoms with Crippen LogP contribution in [0.2, 0.25) is 0 Å². The molecule has 0 atom stereocenters. The molecule has 0 aliphatic heterocycles. The fourth-order valence-corrected chi connectivity index (χ4v) is 2.40. The summed E-state index contributed by atoms with van der Waals surface area (Å²) in [6.45, 7) is 1.81. The van der Waals surface area contributed by atoms with Crippen molar-refractivity contribution in [3.8, 4) is 5.75 Å². The average Bonchev–Trinajstić information content (AvgIpc) is 2.35. The van der Waals surface area contributed by atoms with Crippen molar-refractivity contribution in [2.45, 2.75) is 17.8 Å². The molecule has 1 N–H and O–H groups in total. The smallest absolute Gasteiger partial charge is 0.251 e. The minimum atomic E-state index is -0.115. The van der Waals surface area contributed by atoms with Crippen LogP contribution in [0.1, 0.15) is 11.3 Å². The Morgan fingerprint density at radius 2 is 2.22 bits per heavy atom. The van der Waals surface area contributed by atoms with Crippen LogP contribution in [0.25, 0.3) is 0 Å². The molecule has 0 radical (unpaired) electrons. The summed E-state index contributed by atoms with van der Waals surface area (Å²) in [5, 5.41) is 0.641. The molecule has 0 saturated carbocycles. The topological polar surface area (TPSA) is 55.0 Å². The minimum absolute atomic E-state index is 0.115. The highest BCUT2D eigenvalue weighted by atomic mass is 32.2. The highest BCUT2D eigenvalue weighted by molar-refractivity contribution is 7.98. The van der Waals surface area contributed by atoms with E-state index in [-0.39, 0.29) is 5.56 Å². The normalized spacial score (nSPS) is 10.3. The first-order valence-electron chi connectivity index (χ1n) is 5.51. The van der Waals surface area contributed by atoms with E-state index in [1.807, 2.05) is 31.2 Å². The third-order valence-electron chi connectivity index (χ3n) is 2.36. The van der Waals surface area contributed by atoms with E-state index in [9.17, 15) is 4.79 Å². The highest BCUT2D eigenvalue weighted by Gasteiger charge is 2.01. The number of aromatic nitrogens is 2. The zero-order chi connectivity index (χ0) is 13.0. The molecule has 0 aliphatic rings. The van der Waals surface area contributed by atoms with E-state index >= 15 is 0 Å². The molecule has 5 heteroatoms. The number of nitrogens with zero attached hydrogens (tertiary/aromatic N) is 1. The molecule has 0 saturated heterocycles. The van der Waals surface area contributed by atoms with Crippen LogP contribution in [0.4, 0.5) is 0 Å². The average molecular weight is 262 g/mol. The molecule has 0 unspecified atom stereocenters. The van der Waals surface area contributed by atoms with Gasteiger partial charge in [-0.25, -0.2) is 4.98 Å². The van der Waals surface area contributed by atoms with Crippen molar-refractivity contribution < 1.29 is 4.74 Å². The number of thioether (sulfide) groups is 1. The summed E-state index contributed by atoms with van der Waals surface area (Å²) in [7, 11) is 1.64. The molecule has 0 amide bonds. The Labute approximate surface area is 109 Å². The maximum atomic E-state index is 11.3. The number of aromatic amines is 1.